The molecule has 2 aliphatic heterocycles. The van der Waals surface area contributed by atoms with E-state index in [9.17, 15) is 4.79 Å². The smallest absolute Gasteiger partial charge is 0.225 e. The Labute approximate surface area is 167 Å². The van der Waals surface area contributed by atoms with E-state index in [2.05, 4.69) is 57.9 Å². The number of carbonyl (C=O) groups excluding carboxylic acids is 1. The van der Waals surface area contributed by atoms with Gasteiger partial charge in [0, 0.05) is 50.1 Å². The highest BCUT2D eigenvalue weighted by Gasteiger charge is 2.30. The van der Waals surface area contributed by atoms with E-state index in [0.717, 1.165) is 74.9 Å². The summed E-state index contributed by atoms with van der Waals surface area (Å²) in [6.07, 6.45) is 7.89. The number of benzene rings is 1. The Hall–Kier alpha value is -2.43. The molecule has 0 unspecified atom stereocenters. The molecule has 2 fully saturated rings. The predicted molar refractivity (Wildman–Crippen MR) is 112 cm³/mol. The first kappa shape index (κ1) is 18.9. The summed E-state index contributed by atoms with van der Waals surface area (Å²) in [5.74, 6) is 2.05. The van der Waals surface area contributed by atoms with E-state index in [4.69, 9.17) is 0 Å². The van der Waals surface area contributed by atoms with Gasteiger partial charge in [0.2, 0.25) is 11.9 Å². The van der Waals surface area contributed by atoms with Gasteiger partial charge in [0.15, 0.2) is 0 Å². The molecule has 2 saturated heterocycles. The van der Waals surface area contributed by atoms with Crippen molar-refractivity contribution in [2.75, 3.05) is 31.1 Å². The molecule has 4 rings (SSSR count). The predicted octanol–water partition coefficient (Wildman–Crippen LogP) is 3.93. The summed E-state index contributed by atoms with van der Waals surface area (Å²) in [6, 6.07) is 8.39. The van der Waals surface area contributed by atoms with Crippen LogP contribution in [0.4, 0.5) is 5.95 Å². The lowest BCUT2D eigenvalue weighted by Gasteiger charge is -2.36. The molecule has 1 aromatic heterocycles. The van der Waals surface area contributed by atoms with Crippen molar-refractivity contribution < 1.29 is 4.79 Å². The molecule has 2 aromatic rings. The topological polar surface area (TPSA) is 49.3 Å². The van der Waals surface area contributed by atoms with Crippen molar-refractivity contribution in [1.29, 1.82) is 0 Å². The molecule has 5 heteroatoms. The number of carbonyl (C=O) groups is 1. The summed E-state index contributed by atoms with van der Waals surface area (Å²) in [6.45, 7) is 7.95. The first-order chi connectivity index (χ1) is 13.6. The molecule has 0 N–H and O–H groups in total. The molecule has 0 aliphatic carbocycles. The molecule has 28 heavy (non-hydrogen) atoms. The van der Waals surface area contributed by atoms with Gasteiger partial charge in [-0.3, -0.25) is 4.79 Å². The van der Waals surface area contributed by atoms with Crippen LogP contribution in [-0.2, 0) is 4.79 Å². The maximum Gasteiger partial charge on any atom is 0.225 e. The molecule has 2 aliphatic rings. The van der Waals surface area contributed by atoms with Crippen LogP contribution in [0.3, 0.4) is 0 Å². The molecule has 0 atom stereocenters. The molecule has 5 nitrogen and oxygen atoms in total. The van der Waals surface area contributed by atoms with Crippen LogP contribution < -0.4 is 4.90 Å². The lowest BCUT2D eigenvalue weighted by molar-refractivity contribution is -0.137. The summed E-state index contributed by atoms with van der Waals surface area (Å²) in [5.41, 5.74) is 3.42. The van der Waals surface area contributed by atoms with Crippen molar-refractivity contribution in [2.24, 2.45) is 11.8 Å². The second-order valence-electron chi connectivity index (χ2n) is 8.41. The Bertz CT molecular complexity index is 804. The van der Waals surface area contributed by atoms with Gasteiger partial charge in [-0.25, -0.2) is 9.97 Å². The summed E-state index contributed by atoms with van der Waals surface area (Å²) in [7, 11) is 0. The number of nitrogens with zero attached hydrogens (tertiary/aromatic N) is 4. The molecule has 0 radical (unpaired) electrons. The average molecular weight is 379 g/mol. The Kier molecular flexibility index (Phi) is 5.60. The zero-order valence-electron chi connectivity index (χ0n) is 17.0. The molecule has 1 amide bonds. The van der Waals surface area contributed by atoms with Crippen LogP contribution in [0.15, 0.2) is 36.7 Å². The van der Waals surface area contributed by atoms with Crippen molar-refractivity contribution in [3.05, 3.63) is 42.2 Å². The Morgan fingerprint density at radius 1 is 0.964 bits per heavy atom. The van der Waals surface area contributed by atoms with Gasteiger partial charge in [0.05, 0.1) is 0 Å². The van der Waals surface area contributed by atoms with Crippen LogP contribution in [0, 0.1) is 18.8 Å². The van der Waals surface area contributed by atoms with E-state index in [0.29, 0.717) is 5.91 Å². The van der Waals surface area contributed by atoms with E-state index < -0.39 is 0 Å². The lowest BCUT2D eigenvalue weighted by Crippen LogP contribution is -2.45. The van der Waals surface area contributed by atoms with E-state index in [-0.39, 0.29) is 5.92 Å². The van der Waals surface area contributed by atoms with Gasteiger partial charge in [0.1, 0.15) is 0 Å². The van der Waals surface area contributed by atoms with Gasteiger partial charge in [-0.05, 0) is 44.1 Å². The van der Waals surface area contributed by atoms with E-state index in [1.54, 1.807) is 0 Å². The summed E-state index contributed by atoms with van der Waals surface area (Å²) < 4.78 is 0. The van der Waals surface area contributed by atoms with Crippen molar-refractivity contribution >= 4 is 11.9 Å². The molecule has 1 aromatic carbocycles. The molecular formula is C23H30N4O. The third-order valence-corrected chi connectivity index (χ3v) is 6.21. The zero-order valence-corrected chi connectivity index (χ0v) is 17.0. The zero-order chi connectivity index (χ0) is 19.5. The molecule has 148 valence electrons. The number of aryl methyl sites for hydroxylation is 1. The SMILES string of the molecule is Cc1cccc(-c2cnc(N3CCC(C(=O)N4CCC(C)CC4)CC3)nc2)c1. The minimum atomic E-state index is 0.163. The highest BCUT2D eigenvalue weighted by atomic mass is 16.2. The number of likely N-dealkylation sites (tertiary alicyclic amines) is 1. The van der Waals surface area contributed by atoms with E-state index >= 15 is 0 Å². The van der Waals surface area contributed by atoms with Crippen LogP contribution in [0.5, 0.6) is 0 Å². The normalized spacial score (nSPS) is 19.1. The van der Waals surface area contributed by atoms with Gasteiger partial charge in [0.25, 0.3) is 0 Å². The van der Waals surface area contributed by atoms with Gasteiger partial charge in [-0.2, -0.15) is 0 Å². The molecule has 0 bridgehead atoms. The fraction of sp³-hybridized carbons (Fsp3) is 0.522. The van der Waals surface area contributed by atoms with Crippen molar-refractivity contribution in [2.45, 2.75) is 39.5 Å². The van der Waals surface area contributed by atoms with Crippen LogP contribution in [0.25, 0.3) is 11.1 Å². The standard InChI is InChI=1S/C23H30N4O/c1-17-6-10-26(11-7-17)22(28)19-8-12-27(13-9-19)23-24-15-21(16-25-23)20-5-3-4-18(2)14-20/h3-5,14-17,19H,6-13H2,1-2H3. The highest BCUT2D eigenvalue weighted by Crippen LogP contribution is 2.26. The first-order valence-electron chi connectivity index (χ1n) is 10.5. The maximum absolute atomic E-state index is 12.8. The first-order valence-corrected chi connectivity index (χ1v) is 10.5. The largest absolute Gasteiger partial charge is 0.342 e. The Morgan fingerprint density at radius 2 is 1.64 bits per heavy atom. The minimum Gasteiger partial charge on any atom is -0.342 e. The molecule has 3 heterocycles. The second kappa shape index (κ2) is 8.29. The number of rotatable bonds is 3. The summed E-state index contributed by atoms with van der Waals surface area (Å²) >= 11 is 0. The van der Waals surface area contributed by atoms with Gasteiger partial charge < -0.3 is 9.80 Å². The Balaban J connectivity index is 1.34. The fourth-order valence-electron chi connectivity index (χ4n) is 4.27. The maximum atomic E-state index is 12.8. The molecular weight excluding hydrogens is 348 g/mol. The molecule has 0 saturated carbocycles. The Morgan fingerprint density at radius 3 is 2.29 bits per heavy atom. The number of amides is 1. The molecule has 0 spiro atoms. The number of aromatic nitrogens is 2. The second-order valence-corrected chi connectivity index (χ2v) is 8.41. The minimum absolute atomic E-state index is 0.163. The lowest BCUT2D eigenvalue weighted by atomic mass is 9.93. The van der Waals surface area contributed by atoms with Crippen LogP contribution >= 0.6 is 0 Å². The fourth-order valence-corrected chi connectivity index (χ4v) is 4.27. The quantitative estimate of drug-likeness (QED) is 0.812. The third-order valence-electron chi connectivity index (χ3n) is 6.21. The summed E-state index contributed by atoms with van der Waals surface area (Å²) in [4.78, 5) is 26.3. The van der Waals surface area contributed by atoms with Crippen molar-refractivity contribution in [3.8, 4) is 11.1 Å². The van der Waals surface area contributed by atoms with Crippen LogP contribution in [-0.4, -0.2) is 47.0 Å². The van der Waals surface area contributed by atoms with Crippen LogP contribution in [0.2, 0.25) is 0 Å². The monoisotopic (exact) mass is 378 g/mol. The van der Waals surface area contributed by atoms with Gasteiger partial charge >= 0.3 is 0 Å². The van der Waals surface area contributed by atoms with Crippen LogP contribution in [0.1, 0.15) is 38.2 Å². The van der Waals surface area contributed by atoms with E-state index in [1.165, 1.54) is 5.56 Å². The van der Waals surface area contributed by atoms with E-state index in [1.807, 2.05) is 12.4 Å². The highest BCUT2D eigenvalue weighted by molar-refractivity contribution is 5.79. The van der Waals surface area contributed by atoms with Gasteiger partial charge in [-0.15, -0.1) is 0 Å². The number of piperidine rings is 2. The number of hydrogen-bond acceptors (Lipinski definition) is 4. The van der Waals surface area contributed by atoms with Crippen molar-refractivity contribution in [3.63, 3.8) is 0 Å². The third kappa shape index (κ3) is 4.18. The summed E-state index contributed by atoms with van der Waals surface area (Å²) in [5, 5.41) is 0. The van der Waals surface area contributed by atoms with Crippen molar-refractivity contribution in [1.82, 2.24) is 14.9 Å². The number of hydrogen-bond donors (Lipinski definition) is 0. The number of anilines is 1. The average Bonchev–Trinajstić information content (AvgIpc) is 2.74. The van der Waals surface area contributed by atoms with Gasteiger partial charge in [-0.1, -0.05) is 36.8 Å².